The molecule has 0 spiro atoms. The first kappa shape index (κ1) is 19.1. The topological polar surface area (TPSA) is 78.3 Å². The van der Waals surface area contributed by atoms with E-state index in [1.165, 1.54) is 31.0 Å². The second-order valence-corrected chi connectivity index (χ2v) is 8.68. The van der Waals surface area contributed by atoms with Gasteiger partial charge in [-0.25, -0.2) is 0 Å². The second kappa shape index (κ2) is 8.43. The van der Waals surface area contributed by atoms with Gasteiger partial charge in [0.2, 0.25) is 5.91 Å². The average molecular weight is 403 g/mol. The van der Waals surface area contributed by atoms with Crippen LogP contribution in [-0.4, -0.2) is 38.6 Å². The molecule has 150 valence electrons. The lowest BCUT2D eigenvalue weighted by Crippen LogP contribution is -2.40. The lowest BCUT2D eigenvalue weighted by Gasteiger charge is -2.25. The highest BCUT2D eigenvalue weighted by Gasteiger charge is 2.29. The van der Waals surface area contributed by atoms with Gasteiger partial charge in [-0.3, -0.25) is 4.79 Å². The molecule has 1 aliphatic heterocycles. The highest BCUT2D eigenvalue weighted by molar-refractivity contribution is 8.00. The van der Waals surface area contributed by atoms with E-state index >= 15 is 0 Å². The maximum absolute atomic E-state index is 12.5. The monoisotopic (exact) mass is 402 g/mol. The predicted octanol–water partition coefficient (Wildman–Crippen LogP) is 3.26. The molecule has 2 aliphatic rings. The van der Waals surface area contributed by atoms with Crippen LogP contribution in [0.3, 0.4) is 0 Å². The van der Waals surface area contributed by atoms with Crippen LogP contribution in [0, 0.1) is 0 Å². The summed E-state index contributed by atoms with van der Waals surface area (Å²) in [5.74, 6) is 2.20. The van der Waals surface area contributed by atoms with Gasteiger partial charge in [0.15, 0.2) is 28.6 Å². The van der Waals surface area contributed by atoms with Crippen LogP contribution in [0.15, 0.2) is 29.4 Å². The Kier molecular flexibility index (Phi) is 5.75. The zero-order valence-electron chi connectivity index (χ0n) is 16.3. The first-order chi connectivity index (χ1) is 13.6. The third kappa shape index (κ3) is 4.11. The number of nitrogens with zero attached hydrogens (tertiary/aromatic N) is 3. The molecule has 28 heavy (non-hydrogen) atoms. The van der Waals surface area contributed by atoms with E-state index in [0.29, 0.717) is 29.4 Å². The minimum atomic E-state index is -0.326. The van der Waals surface area contributed by atoms with E-state index in [-0.39, 0.29) is 17.3 Å². The number of rotatable bonds is 5. The number of para-hydroxylation sites is 2. The maximum atomic E-state index is 12.5. The summed E-state index contributed by atoms with van der Waals surface area (Å²) in [5, 5.41) is 12.2. The van der Waals surface area contributed by atoms with Gasteiger partial charge < -0.3 is 19.4 Å². The first-order valence-corrected chi connectivity index (χ1v) is 10.7. The van der Waals surface area contributed by atoms with Crippen molar-refractivity contribution in [2.75, 3.05) is 6.61 Å². The molecule has 0 radical (unpaired) electrons. The lowest BCUT2D eigenvalue weighted by atomic mass is 9.95. The molecular weight excluding hydrogens is 376 g/mol. The van der Waals surface area contributed by atoms with Crippen molar-refractivity contribution in [3.8, 4) is 11.5 Å². The number of benzene rings is 1. The zero-order valence-corrected chi connectivity index (χ0v) is 17.1. The molecule has 7 nitrogen and oxygen atoms in total. The number of hydrogen-bond acceptors (Lipinski definition) is 6. The van der Waals surface area contributed by atoms with Crippen molar-refractivity contribution in [3.63, 3.8) is 0 Å². The molecular formula is C20H26N4O3S. The van der Waals surface area contributed by atoms with Gasteiger partial charge in [-0.2, -0.15) is 0 Å². The molecule has 2 aromatic rings. The van der Waals surface area contributed by atoms with Crippen LogP contribution in [0.2, 0.25) is 0 Å². The van der Waals surface area contributed by atoms with Crippen LogP contribution in [0.5, 0.6) is 11.5 Å². The van der Waals surface area contributed by atoms with E-state index in [9.17, 15) is 4.79 Å². The Morgan fingerprint density at radius 1 is 1.21 bits per heavy atom. The number of thioether (sulfide) groups is 1. The summed E-state index contributed by atoms with van der Waals surface area (Å²) < 4.78 is 13.7. The molecule has 0 saturated heterocycles. The number of ether oxygens (including phenoxy) is 2. The third-order valence-corrected chi connectivity index (χ3v) is 6.40. The number of nitrogens with one attached hydrogen (secondary N) is 1. The van der Waals surface area contributed by atoms with Crippen molar-refractivity contribution >= 4 is 17.7 Å². The Balaban J connectivity index is 1.39. The Labute approximate surface area is 169 Å². The van der Waals surface area contributed by atoms with E-state index in [0.717, 1.165) is 18.6 Å². The first-order valence-electron chi connectivity index (χ1n) is 9.86. The summed E-state index contributed by atoms with van der Waals surface area (Å²) in [6.45, 7) is 2.29. The average Bonchev–Trinajstić information content (AvgIpc) is 3.08. The highest BCUT2D eigenvalue weighted by atomic mass is 32.2. The van der Waals surface area contributed by atoms with E-state index in [4.69, 9.17) is 9.47 Å². The van der Waals surface area contributed by atoms with Crippen molar-refractivity contribution in [3.05, 3.63) is 30.1 Å². The molecule has 1 aromatic carbocycles. The van der Waals surface area contributed by atoms with E-state index in [2.05, 4.69) is 15.5 Å². The summed E-state index contributed by atoms with van der Waals surface area (Å²) in [7, 11) is 1.90. The van der Waals surface area contributed by atoms with Gasteiger partial charge in [0.25, 0.3) is 0 Å². The summed E-state index contributed by atoms with van der Waals surface area (Å²) in [5.41, 5.74) is 0. The molecule has 1 fully saturated rings. The van der Waals surface area contributed by atoms with Crippen molar-refractivity contribution in [1.29, 1.82) is 0 Å². The van der Waals surface area contributed by atoms with Crippen molar-refractivity contribution in [2.24, 2.45) is 7.05 Å². The Hall–Kier alpha value is -2.22. The van der Waals surface area contributed by atoms with Gasteiger partial charge in [-0.1, -0.05) is 43.2 Å². The summed E-state index contributed by atoms with van der Waals surface area (Å²) in [6.07, 6.45) is 5.51. The van der Waals surface area contributed by atoms with Crippen molar-refractivity contribution < 1.29 is 14.3 Å². The minimum absolute atomic E-state index is 0.0626. The van der Waals surface area contributed by atoms with Crippen molar-refractivity contribution in [2.45, 2.75) is 61.6 Å². The molecule has 2 heterocycles. The van der Waals surface area contributed by atoms with E-state index in [1.54, 1.807) is 0 Å². The molecule has 8 heteroatoms. The van der Waals surface area contributed by atoms with Gasteiger partial charge >= 0.3 is 0 Å². The smallest absolute Gasteiger partial charge is 0.233 e. The molecule has 2 unspecified atom stereocenters. The van der Waals surface area contributed by atoms with Gasteiger partial charge in [0.05, 0.1) is 5.25 Å². The Morgan fingerprint density at radius 3 is 2.75 bits per heavy atom. The molecule has 0 bridgehead atoms. The second-order valence-electron chi connectivity index (χ2n) is 7.37. The maximum Gasteiger partial charge on any atom is 0.233 e. The number of fused-ring (bicyclic) bond motifs is 1. The fourth-order valence-electron chi connectivity index (χ4n) is 3.63. The molecule has 1 amide bonds. The van der Waals surface area contributed by atoms with Crippen LogP contribution >= 0.6 is 11.8 Å². The number of aromatic nitrogens is 3. The van der Waals surface area contributed by atoms with Crippen LogP contribution in [0.1, 0.15) is 51.0 Å². The van der Waals surface area contributed by atoms with Gasteiger partial charge in [0.1, 0.15) is 6.61 Å². The normalized spacial score (nSPS) is 20.6. The van der Waals surface area contributed by atoms with Gasteiger partial charge in [0, 0.05) is 13.1 Å². The lowest BCUT2D eigenvalue weighted by molar-refractivity contribution is -0.121. The summed E-state index contributed by atoms with van der Waals surface area (Å²) >= 11 is 1.42. The predicted molar refractivity (Wildman–Crippen MR) is 107 cm³/mol. The van der Waals surface area contributed by atoms with Gasteiger partial charge in [-0.05, 0) is 31.9 Å². The molecule has 2 atom stereocenters. The number of carbonyl (C=O) groups is 1. The number of hydrogen-bond donors (Lipinski definition) is 1. The fraction of sp³-hybridized carbons (Fsp3) is 0.550. The fourth-order valence-corrected chi connectivity index (χ4v) is 4.46. The largest absolute Gasteiger partial charge is 0.485 e. The summed E-state index contributed by atoms with van der Waals surface area (Å²) in [4.78, 5) is 12.5. The molecule has 1 aliphatic carbocycles. The molecule has 1 aromatic heterocycles. The number of carbonyl (C=O) groups excluding carboxylic acids is 1. The van der Waals surface area contributed by atoms with Crippen molar-refractivity contribution in [1.82, 2.24) is 20.1 Å². The summed E-state index contributed by atoms with van der Waals surface area (Å²) in [6, 6.07) is 7.91. The van der Waals surface area contributed by atoms with E-state index < -0.39 is 0 Å². The van der Waals surface area contributed by atoms with Crippen LogP contribution in [0.25, 0.3) is 0 Å². The standard InChI is InChI=1S/C20H26N4O3S/c1-13(19(25)21-14-8-4-3-5-9-14)28-20-23-22-18(24(20)2)17-12-26-15-10-6-7-11-16(15)27-17/h6-7,10-11,13-14,17H,3-5,8-9,12H2,1-2H3,(H,21,25). The quantitative estimate of drug-likeness (QED) is 0.774. The van der Waals surface area contributed by atoms with Crippen LogP contribution < -0.4 is 14.8 Å². The van der Waals surface area contributed by atoms with Crippen LogP contribution in [0.4, 0.5) is 0 Å². The highest BCUT2D eigenvalue weighted by Crippen LogP contribution is 2.36. The molecule has 4 rings (SSSR count). The molecule has 1 saturated carbocycles. The Morgan fingerprint density at radius 2 is 1.96 bits per heavy atom. The Bertz CT molecular complexity index is 835. The SMILES string of the molecule is CC(Sc1nnc(C2COc3ccccc3O2)n1C)C(=O)NC1CCCCC1. The third-order valence-electron chi connectivity index (χ3n) is 5.27. The van der Waals surface area contributed by atoms with Crippen LogP contribution in [-0.2, 0) is 11.8 Å². The zero-order chi connectivity index (χ0) is 19.5. The van der Waals surface area contributed by atoms with E-state index in [1.807, 2.05) is 42.8 Å². The number of amides is 1. The van der Waals surface area contributed by atoms with Gasteiger partial charge in [-0.15, -0.1) is 10.2 Å². The minimum Gasteiger partial charge on any atom is -0.485 e. The molecule has 1 N–H and O–H groups in total.